The Morgan fingerprint density at radius 1 is 1.62 bits per heavy atom. The van der Waals surface area contributed by atoms with Crippen molar-refractivity contribution in [3.8, 4) is 0 Å². The van der Waals surface area contributed by atoms with Crippen LogP contribution < -0.4 is 5.73 Å². The first-order chi connectivity index (χ1) is 3.77. The second-order valence-corrected chi connectivity index (χ2v) is 0.841. The van der Waals surface area contributed by atoms with Crippen molar-refractivity contribution in [2.45, 2.75) is 20.8 Å². The van der Waals surface area contributed by atoms with Crippen LogP contribution in [0.3, 0.4) is 0 Å². The van der Waals surface area contributed by atoms with Gasteiger partial charge in [-0.25, -0.2) is 0 Å². The molecule has 0 saturated carbocycles. The zero-order chi connectivity index (χ0) is 6.99. The Bertz CT molecular complexity index is 76.6. The van der Waals surface area contributed by atoms with Crippen LogP contribution in [-0.2, 0) is 0 Å². The van der Waals surface area contributed by atoms with Gasteiger partial charge in [0.2, 0.25) is 0 Å². The van der Waals surface area contributed by atoms with Crippen molar-refractivity contribution < 1.29 is 1.43 Å². The molecule has 0 unspecified atom stereocenters. The number of nitrogens with one attached hydrogen (secondary N) is 1. The monoisotopic (exact) mass is 118 g/mol. The third-order valence-electron chi connectivity index (χ3n) is 0.208. The SMILES string of the molecule is C/C(N)=N/N=N.CC.[HH]. The highest BCUT2D eigenvalue weighted by molar-refractivity contribution is 5.77. The number of hydrogen-bond acceptors (Lipinski definition) is 2. The van der Waals surface area contributed by atoms with E-state index in [1.807, 2.05) is 13.8 Å². The molecule has 0 spiro atoms. The lowest BCUT2D eigenvalue weighted by atomic mass is 10.7. The van der Waals surface area contributed by atoms with Crippen molar-refractivity contribution in [3.63, 3.8) is 0 Å². The van der Waals surface area contributed by atoms with Gasteiger partial charge >= 0.3 is 0 Å². The number of nitrogens with zero attached hydrogens (tertiary/aromatic N) is 2. The van der Waals surface area contributed by atoms with Gasteiger partial charge in [-0.3, -0.25) is 0 Å². The van der Waals surface area contributed by atoms with Crippen LogP contribution in [0.25, 0.3) is 0 Å². The molecule has 0 atom stereocenters. The molecule has 0 aliphatic carbocycles. The van der Waals surface area contributed by atoms with Gasteiger partial charge in [-0.1, -0.05) is 19.1 Å². The molecule has 0 heterocycles. The minimum Gasteiger partial charge on any atom is -0.386 e. The maximum atomic E-state index is 6.09. The van der Waals surface area contributed by atoms with Gasteiger partial charge in [-0.15, -0.1) is 5.10 Å². The molecule has 0 aromatic rings. The van der Waals surface area contributed by atoms with Crippen LogP contribution in [0.1, 0.15) is 22.2 Å². The summed E-state index contributed by atoms with van der Waals surface area (Å²) in [5.41, 5.74) is 11.0. The Labute approximate surface area is 50.8 Å². The second kappa shape index (κ2) is 9.42. The maximum absolute atomic E-state index is 6.09. The molecule has 0 aliphatic rings. The third-order valence-corrected chi connectivity index (χ3v) is 0.208. The normalized spacial score (nSPS) is 9.12. The fourth-order valence-corrected chi connectivity index (χ4v) is 0.0789. The van der Waals surface area contributed by atoms with Gasteiger partial charge in [0.25, 0.3) is 0 Å². The van der Waals surface area contributed by atoms with E-state index in [9.17, 15) is 0 Å². The Morgan fingerprint density at radius 2 is 2.00 bits per heavy atom. The largest absolute Gasteiger partial charge is 0.386 e. The van der Waals surface area contributed by atoms with E-state index in [0.29, 0.717) is 5.84 Å². The number of nitrogens with two attached hydrogens (primary N) is 1. The predicted octanol–water partition coefficient (Wildman–Crippen LogP) is 1.58. The van der Waals surface area contributed by atoms with E-state index in [0.717, 1.165) is 0 Å². The summed E-state index contributed by atoms with van der Waals surface area (Å²) in [6, 6.07) is 0. The molecular weight excluding hydrogens is 104 g/mol. The van der Waals surface area contributed by atoms with Gasteiger partial charge < -0.3 is 5.73 Å². The molecule has 3 N–H and O–H groups in total. The summed E-state index contributed by atoms with van der Waals surface area (Å²) in [4.78, 5) is 0. The van der Waals surface area contributed by atoms with Crippen molar-refractivity contribution in [1.82, 2.24) is 0 Å². The highest BCUT2D eigenvalue weighted by Gasteiger charge is 1.67. The van der Waals surface area contributed by atoms with E-state index in [1.165, 1.54) is 0 Å². The Kier molecular flexibility index (Phi) is 11.9. The minimum absolute atomic E-state index is 0. The summed E-state index contributed by atoms with van der Waals surface area (Å²) in [5, 5.41) is 5.76. The van der Waals surface area contributed by atoms with Crippen LogP contribution in [0.5, 0.6) is 0 Å². The lowest BCUT2D eigenvalue weighted by molar-refractivity contribution is 0.984. The summed E-state index contributed by atoms with van der Waals surface area (Å²) < 4.78 is 0. The summed E-state index contributed by atoms with van der Waals surface area (Å²) in [5.74, 6) is 0.310. The number of rotatable bonds is 1. The Balaban J connectivity index is -0.000000109. The average molecular weight is 118 g/mol. The van der Waals surface area contributed by atoms with Crippen LogP contribution in [0, 0.1) is 5.53 Å². The molecule has 0 rings (SSSR count). The van der Waals surface area contributed by atoms with E-state index in [-0.39, 0.29) is 1.43 Å². The first-order valence-corrected chi connectivity index (χ1v) is 2.44. The standard InChI is InChI=1S/C2H6N4.C2H6.H2/c1-2(3)5-6-4;1-2;/h1H3,(H3,3,4,5);1-2H3;1H. The second-order valence-electron chi connectivity index (χ2n) is 0.841. The molecule has 50 valence electrons. The highest BCUT2D eigenvalue weighted by atomic mass is 15.3. The molecule has 0 aromatic heterocycles. The molecule has 0 bridgehead atoms. The van der Waals surface area contributed by atoms with Crippen molar-refractivity contribution in [1.29, 1.82) is 5.53 Å². The predicted molar refractivity (Wildman–Crippen MR) is 35.9 cm³/mol. The van der Waals surface area contributed by atoms with Crippen LogP contribution >= 0.6 is 0 Å². The topological polar surface area (TPSA) is 74.6 Å². The van der Waals surface area contributed by atoms with Gasteiger partial charge in [0.05, 0.1) is 0 Å². The zero-order valence-electron chi connectivity index (χ0n) is 5.47. The molecule has 8 heavy (non-hydrogen) atoms. The van der Waals surface area contributed by atoms with Gasteiger partial charge in [0.15, 0.2) is 0 Å². The van der Waals surface area contributed by atoms with Crippen molar-refractivity contribution >= 4 is 5.84 Å². The average Bonchev–Trinajstić information content (AvgIpc) is 1.72. The van der Waals surface area contributed by atoms with Crippen molar-refractivity contribution in [3.05, 3.63) is 0 Å². The van der Waals surface area contributed by atoms with Crippen LogP contribution in [0.4, 0.5) is 0 Å². The fourth-order valence-electron chi connectivity index (χ4n) is 0.0789. The zero-order valence-corrected chi connectivity index (χ0v) is 5.47. The van der Waals surface area contributed by atoms with Crippen LogP contribution in [0.2, 0.25) is 0 Å². The van der Waals surface area contributed by atoms with Crippen LogP contribution in [0.15, 0.2) is 10.3 Å². The molecule has 0 aliphatic heterocycles. The van der Waals surface area contributed by atoms with E-state index in [1.54, 1.807) is 6.92 Å². The highest BCUT2D eigenvalue weighted by Crippen LogP contribution is 1.64. The van der Waals surface area contributed by atoms with Gasteiger partial charge in [-0.05, 0) is 6.92 Å². The van der Waals surface area contributed by atoms with Crippen LogP contribution in [-0.4, -0.2) is 5.84 Å². The first-order valence-electron chi connectivity index (χ1n) is 2.44. The first kappa shape index (κ1) is 10.1. The Morgan fingerprint density at radius 3 is 2.00 bits per heavy atom. The van der Waals surface area contributed by atoms with Gasteiger partial charge in [0, 0.05) is 1.43 Å². The summed E-state index contributed by atoms with van der Waals surface area (Å²) in [6.45, 7) is 5.57. The van der Waals surface area contributed by atoms with Crippen molar-refractivity contribution in [2.24, 2.45) is 16.1 Å². The van der Waals surface area contributed by atoms with Crippen molar-refractivity contribution in [2.75, 3.05) is 0 Å². The molecule has 0 saturated heterocycles. The Hall–Kier alpha value is -0.930. The molecule has 4 heteroatoms. The quantitative estimate of drug-likeness (QED) is 0.233. The molecule has 0 amide bonds. The summed E-state index contributed by atoms with van der Waals surface area (Å²) in [7, 11) is 0. The molecule has 0 fully saturated rings. The summed E-state index contributed by atoms with van der Waals surface area (Å²) in [6.07, 6.45) is 0. The molecular formula is C4H14N4. The number of amidine groups is 1. The molecule has 0 radical (unpaired) electrons. The minimum atomic E-state index is 0. The molecule has 0 aromatic carbocycles. The third kappa shape index (κ3) is 19.6. The van der Waals surface area contributed by atoms with Gasteiger partial charge in [0.1, 0.15) is 5.84 Å². The van der Waals surface area contributed by atoms with E-state index >= 15 is 0 Å². The maximum Gasteiger partial charge on any atom is 0.121 e. The lowest BCUT2D eigenvalue weighted by Gasteiger charge is -1.74. The molecule has 4 nitrogen and oxygen atoms in total. The lowest BCUT2D eigenvalue weighted by Crippen LogP contribution is -2.03. The summed E-state index contributed by atoms with van der Waals surface area (Å²) >= 11 is 0. The smallest absolute Gasteiger partial charge is 0.121 e. The van der Waals surface area contributed by atoms with E-state index < -0.39 is 0 Å². The number of hydrogen-bond donors (Lipinski definition) is 2. The van der Waals surface area contributed by atoms with E-state index in [4.69, 9.17) is 11.3 Å². The van der Waals surface area contributed by atoms with Gasteiger partial charge in [-0.2, -0.15) is 5.53 Å². The van der Waals surface area contributed by atoms with E-state index in [2.05, 4.69) is 10.3 Å². The fraction of sp³-hybridized carbons (Fsp3) is 0.750.